The monoisotopic (exact) mass is 535 g/mol. The van der Waals surface area contributed by atoms with E-state index in [-0.39, 0.29) is 29.2 Å². The Labute approximate surface area is 222 Å². The van der Waals surface area contributed by atoms with Crippen LogP contribution < -0.4 is 29.7 Å². The lowest BCUT2D eigenvalue weighted by molar-refractivity contribution is -0.122. The Hall–Kier alpha value is -4.83. The second kappa shape index (κ2) is 11.5. The Morgan fingerprint density at radius 2 is 1.71 bits per heavy atom. The van der Waals surface area contributed by atoms with Crippen LogP contribution in [0.15, 0.2) is 72.3 Å². The largest absolute Gasteiger partial charge is 0.497 e. The molecule has 1 aliphatic heterocycles. The van der Waals surface area contributed by atoms with E-state index in [2.05, 4.69) is 10.6 Å². The second-order valence-corrected chi connectivity index (χ2v) is 8.31. The number of urea groups is 1. The molecule has 1 fully saturated rings. The molecule has 1 aliphatic rings. The third-order valence-corrected chi connectivity index (χ3v) is 5.68. The van der Waals surface area contributed by atoms with Crippen molar-refractivity contribution in [2.24, 2.45) is 0 Å². The highest BCUT2D eigenvalue weighted by atomic mass is 35.5. The van der Waals surface area contributed by atoms with Crippen molar-refractivity contribution in [3.63, 3.8) is 0 Å². The van der Waals surface area contributed by atoms with Crippen LogP contribution in [0.2, 0.25) is 5.02 Å². The van der Waals surface area contributed by atoms with Gasteiger partial charge in [-0.15, -0.1) is 0 Å². The highest BCUT2D eigenvalue weighted by Crippen LogP contribution is 2.29. The molecule has 5 amide bonds. The van der Waals surface area contributed by atoms with Crippen LogP contribution in [0.4, 0.5) is 16.2 Å². The van der Waals surface area contributed by atoms with Crippen LogP contribution in [0.3, 0.4) is 0 Å². The van der Waals surface area contributed by atoms with E-state index in [1.807, 2.05) is 0 Å². The van der Waals surface area contributed by atoms with Crippen LogP contribution >= 0.6 is 11.6 Å². The van der Waals surface area contributed by atoms with E-state index in [1.165, 1.54) is 50.6 Å². The average Bonchev–Trinajstić information content (AvgIpc) is 2.91. The maximum Gasteiger partial charge on any atom is 0.335 e. The van der Waals surface area contributed by atoms with Gasteiger partial charge in [0.1, 0.15) is 22.8 Å². The minimum Gasteiger partial charge on any atom is -0.497 e. The fraction of sp³-hybridized carbons (Fsp3) is 0.111. The minimum atomic E-state index is -0.891. The van der Waals surface area contributed by atoms with Gasteiger partial charge in [-0.1, -0.05) is 23.7 Å². The molecular weight excluding hydrogens is 514 g/mol. The highest BCUT2D eigenvalue weighted by molar-refractivity contribution is 6.39. The number of imide groups is 2. The molecule has 38 heavy (non-hydrogen) atoms. The SMILES string of the molecule is COc1ccc(N2C(=O)NC(=O)/C(=C\c3cc(Cl)ccc3OCC(=O)Nc3ccccc3OC)C2=O)cc1. The number of hydrogen-bond acceptors (Lipinski definition) is 7. The van der Waals surface area contributed by atoms with Crippen molar-refractivity contribution < 1.29 is 33.4 Å². The molecule has 0 spiro atoms. The van der Waals surface area contributed by atoms with Crippen LogP contribution in [0, 0.1) is 0 Å². The van der Waals surface area contributed by atoms with Crippen LogP contribution in [-0.4, -0.2) is 44.6 Å². The van der Waals surface area contributed by atoms with Crippen LogP contribution in [0.5, 0.6) is 17.2 Å². The molecule has 11 heteroatoms. The van der Waals surface area contributed by atoms with Gasteiger partial charge in [0, 0.05) is 10.6 Å². The number of carbonyl (C=O) groups excluding carboxylic acids is 4. The third kappa shape index (κ3) is 5.76. The molecule has 194 valence electrons. The third-order valence-electron chi connectivity index (χ3n) is 5.44. The van der Waals surface area contributed by atoms with E-state index in [1.54, 1.807) is 36.4 Å². The molecular formula is C27H22ClN3O7. The summed E-state index contributed by atoms with van der Waals surface area (Å²) in [5.41, 5.74) is 0.633. The highest BCUT2D eigenvalue weighted by Gasteiger charge is 2.37. The van der Waals surface area contributed by atoms with Gasteiger partial charge in [0.15, 0.2) is 6.61 Å². The van der Waals surface area contributed by atoms with Gasteiger partial charge in [-0.2, -0.15) is 0 Å². The van der Waals surface area contributed by atoms with Crippen LogP contribution in [0.25, 0.3) is 6.08 Å². The first-order chi connectivity index (χ1) is 18.3. The lowest BCUT2D eigenvalue weighted by Gasteiger charge is -2.26. The molecule has 0 unspecified atom stereocenters. The van der Waals surface area contributed by atoms with Crippen molar-refractivity contribution in [1.82, 2.24) is 5.32 Å². The fourth-order valence-electron chi connectivity index (χ4n) is 3.62. The summed E-state index contributed by atoms with van der Waals surface area (Å²) in [4.78, 5) is 51.6. The lowest BCUT2D eigenvalue weighted by atomic mass is 10.1. The molecule has 0 radical (unpaired) electrons. The molecule has 10 nitrogen and oxygen atoms in total. The first-order valence-electron chi connectivity index (χ1n) is 11.2. The first-order valence-corrected chi connectivity index (χ1v) is 11.6. The van der Waals surface area contributed by atoms with Gasteiger partial charge >= 0.3 is 6.03 Å². The van der Waals surface area contributed by atoms with Crippen molar-refractivity contribution in [3.05, 3.63) is 82.9 Å². The van der Waals surface area contributed by atoms with E-state index in [4.69, 9.17) is 25.8 Å². The summed E-state index contributed by atoms with van der Waals surface area (Å²) in [6, 6.07) is 16.7. The summed E-state index contributed by atoms with van der Waals surface area (Å²) in [6.07, 6.45) is 1.25. The van der Waals surface area contributed by atoms with Gasteiger partial charge in [0.25, 0.3) is 17.7 Å². The molecule has 3 aromatic carbocycles. The molecule has 2 N–H and O–H groups in total. The van der Waals surface area contributed by atoms with E-state index >= 15 is 0 Å². The van der Waals surface area contributed by atoms with Gasteiger partial charge in [0.05, 0.1) is 25.6 Å². The molecule has 4 rings (SSSR count). The molecule has 1 saturated heterocycles. The van der Waals surface area contributed by atoms with Crippen molar-refractivity contribution in [3.8, 4) is 17.2 Å². The van der Waals surface area contributed by atoms with Gasteiger partial charge in [-0.05, 0) is 60.7 Å². The Morgan fingerprint density at radius 1 is 0.974 bits per heavy atom. The fourth-order valence-corrected chi connectivity index (χ4v) is 3.80. The first kappa shape index (κ1) is 26.2. The molecule has 1 heterocycles. The summed E-state index contributed by atoms with van der Waals surface area (Å²) >= 11 is 6.15. The number of halogens is 1. The zero-order valence-corrected chi connectivity index (χ0v) is 21.1. The molecule has 3 aromatic rings. The van der Waals surface area contributed by atoms with Crippen molar-refractivity contribution >= 4 is 52.8 Å². The normalized spacial score (nSPS) is 14.2. The maximum atomic E-state index is 13.2. The number of benzene rings is 3. The number of methoxy groups -OCH3 is 2. The Morgan fingerprint density at radius 3 is 2.42 bits per heavy atom. The number of ether oxygens (including phenoxy) is 3. The summed E-state index contributed by atoms with van der Waals surface area (Å²) in [7, 11) is 2.97. The van der Waals surface area contributed by atoms with Gasteiger partial charge < -0.3 is 19.5 Å². The summed E-state index contributed by atoms with van der Waals surface area (Å²) in [5.74, 6) is -0.999. The van der Waals surface area contributed by atoms with E-state index in [9.17, 15) is 19.2 Å². The lowest BCUT2D eigenvalue weighted by Crippen LogP contribution is -2.54. The number of rotatable bonds is 8. The van der Waals surface area contributed by atoms with Crippen LogP contribution in [-0.2, 0) is 14.4 Å². The summed E-state index contributed by atoms with van der Waals surface area (Å²) < 4.78 is 16.0. The number of amides is 5. The van der Waals surface area contributed by atoms with Crippen LogP contribution in [0.1, 0.15) is 5.56 Å². The zero-order valence-electron chi connectivity index (χ0n) is 20.3. The summed E-state index contributed by atoms with van der Waals surface area (Å²) in [5, 5.41) is 5.15. The van der Waals surface area contributed by atoms with Gasteiger partial charge in [0.2, 0.25) is 0 Å². The summed E-state index contributed by atoms with van der Waals surface area (Å²) in [6.45, 7) is -0.382. The molecule has 0 bridgehead atoms. The van der Waals surface area contributed by atoms with Crippen molar-refractivity contribution in [1.29, 1.82) is 0 Å². The zero-order chi connectivity index (χ0) is 27.2. The van der Waals surface area contributed by atoms with Crippen molar-refractivity contribution in [2.75, 3.05) is 31.0 Å². The predicted molar refractivity (Wildman–Crippen MR) is 141 cm³/mol. The van der Waals surface area contributed by atoms with E-state index in [0.29, 0.717) is 22.2 Å². The topological polar surface area (TPSA) is 123 Å². The Balaban J connectivity index is 1.57. The Bertz CT molecular complexity index is 1440. The number of hydrogen-bond donors (Lipinski definition) is 2. The van der Waals surface area contributed by atoms with Gasteiger partial charge in [-0.3, -0.25) is 19.7 Å². The Kier molecular flexibility index (Phi) is 7.93. The van der Waals surface area contributed by atoms with E-state index < -0.39 is 23.8 Å². The molecule has 0 atom stereocenters. The minimum absolute atomic E-state index is 0.186. The quantitative estimate of drug-likeness (QED) is 0.329. The predicted octanol–water partition coefficient (Wildman–Crippen LogP) is 4.04. The van der Waals surface area contributed by atoms with Crippen molar-refractivity contribution in [2.45, 2.75) is 0 Å². The maximum absolute atomic E-state index is 13.2. The number of carbonyl (C=O) groups is 4. The van der Waals surface area contributed by atoms with Gasteiger partial charge in [-0.25, -0.2) is 9.69 Å². The number of barbiturate groups is 1. The standard InChI is InChI=1S/C27H22ClN3O7/c1-36-19-10-8-18(9-11-19)31-26(34)20(25(33)30-27(31)35)14-16-13-17(28)7-12-22(16)38-15-24(32)29-21-5-3-4-6-23(21)37-2/h3-14H,15H2,1-2H3,(H,29,32)(H,30,33,35)/b20-14+. The number of para-hydroxylation sites is 2. The number of nitrogens with zero attached hydrogens (tertiary/aromatic N) is 1. The molecule has 0 aliphatic carbocycles. The van der Waals surface area contributed by atoms with E-state index in [0.717, 1.165) is 4.90 Å². The molecule has 0 saturated carbocycles. The smallest absolute Gasteiger partial charge is 0.335 e. The average molecular weight is 536 g/mol. The number of nitrogens with one attached hydrogen (secondary N) is 2. The molecule has 0 aromatic heterocycles. The second-order valence-electron chi connectivity index (χ2n) is 7.88. The number of anilines is 2.